The summed E-state index contributed by atoms with van der Waals surface area (Å²) in [6.45, 7) is 0. The van der Waals surface area contributed by atoms with E-state index in [0.717, 1.165) is 5.56 Å². The van der Waals surface area contributed by atoms with Gasteiger partial charge in [0, 0.05) is 12.4 Å². The summed E-state index contributed by atoms with van der Waals surface area (Å²) >= 11 is 0. The standard InChI is InChI=1S/C9H12N2O3/c12-8(9(13)11-14)2-1-7-3-5-10-6-4-7/h3-6,8,12,14H,1-2H2,(H,11,13). The van der Waals surface area contributed by atoms with Crippen LogP contribution in [0.3, 0.4) is 0 Å². The molecule has 0 bridgehead atoms. The molecule has 1 heterocycles. The third-order valence-corrected chi connectivity index (χ3v) is 1.87. The summed E-state index contributed by atoms with van der Waals surface area (Å²) in [7, 11) is 0. The van der Waals surface area contributed by atoms with Gasteiger partial charge in [0.1, 0.15) is 6.10 Å². The van der Waals surface area contributed by atoms with Crippen molar-refractivity contribution < 1.29 is 15.1 Å². The molecule has 1 aromatic heterocycles. The molecule has 1 atom stereocenters. The maximum absolute atomic E-state index is 10.7. The van der Waals surface area contributed by atoms with Crippen LogP contribution < -0.4 is 5.48 Å². The first-order chi connectivity index (χ1) is 6.74. The van der Waals surface area contributed by atoms with Crippen molar-refractivity contribution in [1.82, 2.24) is 10.5 Å². The zero-order valence-corrected chi connectivity index (χ0v) is 7.55. The van der Waals surface area contributed by atoms with Gasteiger partial charge in [-0.05, 0) is 30.5 Å². The summed E-state index contributed by atoms with van der Waals surface area (Å²) in [4.78, 5) is 14.6. The van der Waals surface area contributed by atoms with Crippen LogP contribution in [-0.2, 0) is 11.2 Å². The van der Waals surface area contributed by atoms with Gasteiger partial charge in [0.2, 0.25) is 0 Å². The average Bonchev–Trinajstić information content (AvgIpc) is 2.26. The van der Waals surface area contributed by atoms with E-state index in [2.05, 4.69) is 4.98 Å². The molecule has 0 aromatic carbocycles. The molecular formula is C9H12N2O3. The second-order valence-corrected chi connectivity index (χ2v) is 2.89. The Morgan fingerprint density at radius 2 is 2.14 bits per heavy atom. The van der Waals surface area contributed by atoms with Gasteiger partial charge in [0.05, 0.1) is 0 Å². The topological polar surface area (TPSA) is 82.5 Å². The van der Waals surface area contributed by atoms with Crippen LogP contribution in [0.25, 0.3) is 0 Å². The molecule has 0 saturated carbocycles. The molecule has 5 heteroatoms. The van der Waals surface area contributed by atoms with E-state index in [4.69, 9.17) is 5.21 Å². The van der Waals surface area contributed by atoms with E-state index < -0.39 is 12.0 Å². The average molecular weight is 196 g/mol. The molecule has 14 heavy (non-hydrogen) atoms. The van der Waals surface area contributed by atoms with Crippen LogP contribution in [0, 0.1) is 0 Å². The summed E-state index contributed by atoms with van der Waals surface area (Å²) in [5, 5.41) is 17.4. The lowest BCUT2D eigenvalue weighted by molar-refractivity contribution is -0.138. The molecule has 5 nitrogen and oxygen atoms in total. The maximum atomic E-state index is 10.7. The smallest absolute Gasteiger partial charge is 0.272 e. The van der Waals surface area contributed by atoms with Crippen molar-refractivity contribution in [2.45, 2.75) is 18.9 Å². The van der Waals surface area contributed by atoms with Crippen molar-refractivity contribution in [3.63, 3.8) is 0 Å². The molecule has 1 rings (SSSR count). The van der Waals surface area contributed by atoms with Gasteiger partial charge >= 0.3 is 0 Å². The van der Waals surface area contributed by atoms with Gasteiger partial charge in [-0.3, -0.25) is 15.0 Å². The highest BCUT2D eigenvalue weighted by atomic mass is 16.5. The normalized spacial score (nSPS) is 12.1. The number of carbonyl (C=O) groups is 1. The number of hydrogen-bond donors (Lipinski definition) is 3. The van der Waals surface area contributed by atoms with Gasteiger partial charge in [-0.1, -0.05) is 0 Å². The number of pyridine rings is 1. The van der Waals surface area contributed by atoms with Crippen molar-refractivity contribution in [2.24, 2.45) is 0 Å². The second kappa shape index (κ2) is 5.31. The van der Waals surface area contributed by atoms with Crippen molar-refractivity contribution in [1.29, 1.82) is 0 Å². The number of nitrogens with one attached hydrogen (secondary N) is 1. The molecule has 1 amide bonds. The summed E-state index contributed by atoms with van der Waals surface area (Å²) < 4.78 is 0. The number of aliphatic hydroxyl groups excluding tert-OH is 1. The Bertz CT molecular complexity index is 289. The Labute approximate surface area is 81.4 Å². The fourth-order valence-corrected chi connectivity index (χ4v) is 1.06. The number of aliphatic hydroxyl groups is 1. The molecule has 0 spiro atoms. The molecule has 1 aromatic rings. The number of carbonyl (C=O) groups excluding carboxylic acids is 1. The number of nitrogens with zero attached hydrogens (tertiary/aromatic N) is 1. The summed E-state index contributed by atoms with van der Waals surface area (Å²) in [6.07, 6.45) is 2.96. The molecule has 0 saturated heterocycles. The first-order valence-electron chi connectivity index (χ1n) is 4.25. The number of rotatable bonds is 4. The minimum Gasteiger partial charge on any atom is -0.383 e. The van der Waals surface area contributed by atoms with E-state index in [9.17, 15) is 9.90 Å². The predicted molar refractivity (Wildman–Crippen MR) is 48.5 cm³/mol. The number of aryl methyl sites for hydroxylation is 1. The minimum atomic E-state index is -1.17. The Balaban J connectivity index is 2.38. The Morgan fingerprint density at radius 1 is 1.50 bits per heavy atom. The lowest BCUT2D eigenvalue weighted by Crippen LogP contribution is -2.32. The van der Waals surface area contributed by atoms with Crippen LogP contribution >= 0.6 is 0 Å². The second-order valence-electron chi connectivity index (χ2n) is 2.89. The Morgan fingerprint density at radius 3 is 2.71 bits per heavy atom. The highest BCUT2D eigenvalue weighted by molar-refractivity contribution is 5.79. The molecule has 0 radical (unpaired) electrons. The van der Waals surface area contributed by atoms with Gasteiger partial charge in [0.25, 0.3) is 5.91 Å². The highest BCUT2D eigenvalue weighted by Crippen LogP contribution is 2.03. The SMILES string of the molecule is O=C(NO)C(O)CCc1ccncc1. The third kappa shape index (κ3) is 3.12. The van der Waals surface area contributed by atoms with Crippen molar-refractivity contribution >= 4 is 5.91 Å². The molecule has 0 fully saturated rings. The lowest BCUT2D eigenvalue weighted by atomic mass is 10.1. The van der Waals surface area contributed by atoms with Crippen LogP contribution in [0.4, 0.5) is 0 Å². The van der Waals surface area contributed by atoms with Crippen molar-refractivity contribution in [3.8, 4) is 0 Å². The molecule has 76 valence electrons. The van der Waals surface area contributed by atoms with Crippen molar-refractivity contribution in [3.05, 3.63) is 30.1 Å². The van der Waals surface area contributed by atoms with E-state index >= 15 is 0 Å². The van der Waals surface area contributed by atoms with Gasteiger partial charge in [0.15, 0.2) is 0 Å². The summed E-state index contributed by atoms with van der Waals surface area (Å²) in [5.74, 6) is -0.779. The zero-order chi connectivity index (χ0) is 10.4. The fourth-order valence-electron chi connectivity index (χ4n) is 1.06. The Kier molecular flexibility index (Phi) is 4.03. The maximum Gasteiger partial charge on any atom is 0.272 e. The summed E-state index contributed by atoms with van der Waals surface area (Å²) in [5.41, 5.74) is 2.39. The van der Waals surface area contributed by atoms with Crippen LogP contribution in [-0.4, -0.2) is 27.3 Å². The van der Waals surface area contributed by atoms with E-state index in [1.165, 1.54) is 5.48 Å². The zero-order valence-electron chi connectivity index (χ0n) is 7.55. The minimum absolute atomic E-state index is 0.274. The van der Waals surface area contributed by atoms with Crippen LogP contribution in [0.5, 0.6) is 0 Å². The molecule has 0 aliphatic rings. The third-order valence-electron chi connectivity index (χ3n) is 1.87. The van der Waals surface area contributed by atoms with Gasteiger partial charge in [-0.25, -0.2) is 5.48 Å². The molecule has 1 unspecified atom stereocenters. The first kappa shape index (κ1) is 10.6. The Hall–Kier alpha value is -1.46. The molecule has 0 aliphatic carbocycles. The lowest BCUT2D eigenvalue weighted by Gasteiger charge is -2.07. The molecular weight excluding hydrogens is 184 g/mol. The van der Waals surface area contributed by atoms with Gasteiger partial charge in [-0.15, -0.1) is 0 Å². The number of hydrogen-bond acceptors (Lipinski definition) is 4. The molecule has 0 aliphatic heterocycles. The van der Waals surface area contributed by atoms with E-state index in [1.807, 2.05) is 12.1 Å². The van der Waals surface area contributed by atoms with E-state index in [-0.39, 0.29) is 6.42 Å². The highest BCUT2D eigenvalue weighted by Gasteiger charge is 2.13. The number of amides is 1. The largest absolute Gasteiger partial charge is 0.383 e. The van der Waals surface area contributed by atoms with Crippen LogP contribution in [0.1, 0.15) is 12.0 Å². The monoisotopic (exact) mass is 196 g/mol. The summed E-state index contributed by atoms with van der Waals surface area (Å²) in [6, 6.07) is 3.62. The van der Waals surface area contributed by atoms with Crippen LogP contribution in [0.2, 0.25) is 0 Å². The van der Waals surface area contributed by atoms with Gasteiger partial charge in [-0.2, -0.15) is 0 Å². The number of aromatic nitrogens is 1. The van der Waals surface area contributed by atoms with Crippen LogP contribution in [0.15, 0.2) is 24.5 Å². The van der Waals surface area contributed by atoms with E-state index in [1.54, 1.807) is 12.4 Å². The number of hydroxylamine groups is 1. The fraction of sp³-hybridized carbons (Fsp3) is 0.333. The van der Waals surface area contributed by atoms with Gasteiger partial charge < -0.3 is 5.11 Å². The first-order valence-corrected chi connectivity index (χ1v) is 4.25. The van der Waals surface area contributed by atoms with E-state index in [0.29, 0.717) is 6.42 Å². The quantitative estimate of drug-likeness (QED) is 0.463. The van der Waals surface area contributed by atoms with Crippen molar-refractivity contribution in [2.75, 3.05) is 0 Å². The molecule has 3 N–H and O–H groups in total. The predicted octanol–water partition coefficient (Wildman–Crippen LogP) is -0.120.